The number of ether oxygens (including phenoxy) is 1. The first kappa shape index (κ1) is 17.5. The number of esters is 1. The van der Waals surface area contributed by atoms with E-state index in [0.29, 0.717) is 12.4 Å². The Balaban J connectivity index is 2.38. The Bertz CT molecular complexity index is 506. The van der Waals surface area contributed by atoms with Gasteiger partial charge in [-0.15, -0.1) is 11.8 Å². The van der Waals surface area contributed by atoms with Gasteiger partial charge in [-0.05, 0) is 38.0 Å². The van der Waals surface area contributed by atoms with Gasteiger partial charge < -0.3 is 15.8 Å². The Kier molecular flexibility index (Phi) is 7.25. The third kappa shape index (κ3) is 5.77. The third-order valence-electron chi connectivity index (χ3n) is 3.00. The molecule has 21 heavy (non-hydrogen) atoms. The maximum Gasteiger partial charge on any atom is 0.323 e. The predicted octanol–water partition coefficient (Wildman–Crippen LogP) is 1.87. The van der Waals surface area contributed by atoms with Gasteiger partial charge in [0.2, 0.25) is 5.91 Å². The van der Waals surface area contributed by atoms with Crippen LogP contribution in [0.25, 0.3) is 0 Å². The lowest BCUT2D eigenvalue weighted by Gasteiger charge is -2.12. The molecular formula is C15H22N2O3S. The molecule has 6 heteroatoms. The molecule has 3 N–H and O–H groups in total. The van der Waals surface area contributed by atoms with Crippen molar-refractivity contribution in [3.05, 3.63) is 29.3 Å². The van der Waals surface area contributed by atoms with Gasteiger partial charge in [0.25, 0.3) is 0 Å². The van der Waals surface area contributed by atoms with Crippen molar-refractivity contribution in [3.8, 4) is 0 Å². The van der Waals surface area contributed by atoms with Crippen LogP contribution in [-0.4, -0.2) is 36.0 Å². The zero-order valence-electron chi connectivity index (χ0n) is 12.6. The topological polar surface area (TPSA) is 81.4 Å². The average molecular weight is 310 g/mol. The molecule has 1 unspecified atom stereocenters. The number of amides is 1. The molecule has 5 nitrogen and oxygen atoms in total. The smallest absolute Gasteiger partial charge is 0.323 e. The highest BCUT2D eigenvalue weighted by atomic mass is 32.2. The molecule has 0 aliphatic rings. The number of nitrogens with two attached hydrogens (primary N) is 1. The SMILES string of the molecule is CCOC(=O)C(N)CSCC(=O)Nc1cccc(C)c1C. The summed E-state index contributed by atoms with van der Waals surface area (Å²) in [6, 6.07) is 5.08. The van der Waals surface area contributed by atoms with Crippen molar-refractivity contribution in [2.75, 3.05) is 23.4 Å². The molecule has 116 valence electrons. The fourth-order valence-corrected chi connectivity index (χ4v) is 2.43. The summed E-state index contributed by atoms with van der Waals surface area (Å²) in [4.78, 5) is 23.2. The zero-order valence-corrected chi connectivity index (χ0v) is 13.5. The minimum Gasteiger partial charge on any atom is -0.465 e. The minimum absolute atomic E-state index is 0.107. The fourth-order valence-electron chi connectivity index (χ4n) is 1.67. The van der Waals surface area contributed by atoms with Crippen LogP contribution in [0.3, 0.4) is 0 Å². The lowest BCUT2D eigenvalue weighted by atomic mass is 10.1. The number of nitrogens with one attached hydrogen (secondary N) is 1. The van der Waals surface area contributed by atoms with Crippen molar-refractivity contribution in [2.24, 2.45) is 5.73 Å². The molecule has 1 rings (SSSR count). The van der Waals surface area contributed by atoms with Crippen LogP contribution in [0.5, 0.6) is 0 Å². The lowest BCUT2D eigenvalue weighted by Crippen LogP contribution is -2.35. The van der Waals surface area contributed by atoms with E-state index in [9.17, 15) is 9.59 Å². The number of hydrogen-bond acceptors (Lipinski definition) is 5. The highest BCUT2D eigenvalue weighted by Gasteiger charge is 2.15. The normalized spacial score (nSPS) is 11.8. The number of hydrogen-bond donors (Lipinski definition) is 2. The molecule has 0 fully saturated rings. The quantitative estimate of drug-likeness (QED) is 0.751. The number of thioether (sulfide) groups is 1. The van der Waals surface area contributed by atoms with Crippen molar-refractivity contribution in [3.63, 3.8) is 0 Å². The number of carbonyl (C=O) groups is 2. The first-order chi connectivity index (χ1) is 9.95. The van der Waals surface area contributed by atoms with E-state index >= 15 is 0 Å². The van der Waals surface area contributed by atoms with E-state index in [0.717, 1.165) is 16.8 Å². The summed E-state index contributed by atoms with van der Waals surface area (Å²) in [5.74, 6) is 0.0733. The molecule has 0 spiro atoms. The van der Waals surface area contributed by atoms with Crippen LogP contribution in [0.15, 0.2) is 18.2 Å². The highest BCUT2D eigenvalue weighted by Crippen LogP contribution is 2.18. The van der Waals surface area contributed by atoms with E-state index in [4.69, 9.17) is 10.5 Å². The Morgan fingerprint density at radius 2 is 2.10 bits per heavy atom. The molecule has 0 saturated heterocycles. The van der Waals surface area contributed by atoms with Crippen molar-refractivity contribution >= 4 is 29.3 Å². The van der Waals surface area contributed by atoms with Crippen LogP contribution in [0.1, 0.15) is 18.1 Å². The molecular weight excluding hydrogens is 288 g/mol. The summed E-state index contributed by atoms with van der Waals surface area (Å²) < 4.78 is 4.81. The van der Waals surface area contributed by atoms with Crippen molar-refractivity contribution in [1.29, 1.82) is 0 Å². The van der Waals surface area contributed by atoms with Gasteiger partial charge in [-0.25, -0.2) is 0 Å². The van der Waals surface area contributed by atoms with E-state index < -0.39 is 12.0 Å². The minimum atomic E-state index is -0.691. The summed E-state index contributed by atoms with van der Waals surface area (Å²) >= 11 is 1.32. The standard InChI is InChI=1S/C15H22N2O3S/c1-4-20-15(19)12(16)8-21-9-14(18)17-13-7-5-6-10(2)11(13)3/h5-7,12H,4,8-9,16H2,1-3H3,(H,17,18). The predicted molar refractivity (Wildman–Crippen MR) is 86.5 cm³/mol. The Morgan fingerprint density at radius 3 is 2.76 bits per heavy atom. The largest absolute Gasteiger partial charge is 0.465 e. The number of benzene rings is 1. The van der Waals surface area contributed by atoms with E-state index in [2.05, 4.69) is 5.32 Å². The molecule has 0 aromatic heterocycles. The molecule has 0 heterocycles. The molecule has 0 saturated carbocycles. The summed E-state index contributed by atoms with van der Waals surface area (Å²) in [7, 11) is 0. The van der Waals surface area contributed by atoms with Crippen LogP contribution < -0.4 is 11.1 Å². The van der Waals surface area contributed by atoms with E-state index in [1.54, 1.807) is 6.92 Å². The monoisotopic (exact) mass is 310 g/mol. The van der Waals surface area contributed by atoms with Gasteiger partial charge >= 0.3 is 5.97 Å². The van der Waals surface area contributed by atoms with E-state index in [-0.39, 0.29) is 11.7 Å². The number of carbonyl (C=O) groups excluding carboxylic acids is 2. The second kappa shape index (κ2) is 8.69. The summed E-state index contributed by atoms with van der Waals surface area (Å²) in [6.45, 7) is 6.01. The number of aryl methyl sites for hydroxylation is 1. The fraction of sp³-hybridized carbons (Fsp3) is 0.467. The second-order valence-corrected chi connectivity index (χ2v) is 5.70. The molecule has 1 atom stereocenters. The van der Waals surface area contributed by atoms with Crippen LogP contribution >= 0.6 is 11.8 Å². The van der Waals surface area contributed by atoms with Gasteiger partial charge in [0.15, 0.2) is 0 Å². The maximum atomic E-state index is 11.9. The second-order valence-electron chi connectivity index (χ2n) is 4.67. The van der Waals surface area contributed by atoms with Gasteiger partial charge in [-0.2, -0.15) is 0 Å². The summed E-state index contributed by atoms with van der Waals surface area (Å²) in [6.07, 6.45) is 0. The van der Waals surface area contributed by atoms with E-state index in [1.807, 2.05) is 32.0 Å². The van der Waals surface area contributed by atoms with Crippen molar-refractivity contribution < 1.29 is 14.3 Å². The molecule has 1 amide bonds. The molecule has 1 aromatic rings. The van der Waals surface area contributed by atoms with E-state index in [1.165, 1.54) is 11.8 Å². The van der Waals surface area contributed by atoms with Gasteiger partial charge in [0.1, 0.15) is 6.04 Å². The van der Waals surface area contributed by atoms with Crippen molar-refractivity contribution in [1.82, 2.24) is 0 Å². The molecule has 1 aromatic carbocycles. The first-order valence-corrected chi connectivity index (χ1v) is 7.97. The Hall–Kier alpha value is -1.53. The van der Waals surface area contributed by atoms with Gasteiger partial charge in [-0.1, -0.05) is 12.1 Å². The Morgan fingerprint density at radius 1 is 1.38 bits per heavy atom. The molecule has 0 radical (unpaired) electrons. The summed E-state index contributed by atoms with van der Waals surface area (Å²) in [5.41, 5.74) is 8.66. The van der Waals surface area contributed by atoms with Crippen LogP contribution in [0.2, 0.25) is 0 Å². The van der Waals surface area contributed by atoms with Crippen LogP contribution in [-0.2, 0) is 14.3 Å². The third-order valence-corrected chi connectivity index (χ3v) is 4.06. The van der Waals surface area contributed by atoms with Gasteiger partial charge in [0, 0.05) is 11.4 Å². The number of rotatable bonds is 7. The molecule has 0 aliphatic heterocycles. The van der Waals surface area contributed by atoms with Crippen molar-refractivity contribution in [2.45, 2.75) is 26.8 Å². The zero-order chi connectivity index (χ0) is 15.8. The highest BCUT2D eigenvalue weighted by molar-refractivity contribution is 8.00. The molecule has 0 aliphatic carbocycles. The number of anilines is 1. The van der Waals surface area contributed by atoms with Crippen LogP contribution in [0, 0.1) is 13.8 Å². The molecule has 0 bridgehead atoms. The van der Waals surface area contributed by atoms with Gasteiger partial charge in [0.05, 0.1) is 12.4 Å². The maximum absolute atomic E-state index is 11.9. The summed E-state index contributed by atoms with van der Waals surface area (Å²) in [5, 5.41) is 2.86. The van der Waals surface area contributed by atoms with Gasteiger partial charge in [-0.3, -0.25) is 9.59 Å². The van der Waals surface area contributed by atoms with Crippen LogP contribution in [0.4, 0.5) is 5.69 Å². The average Bonchev–Trinajstić information content (AvgIpc) is 2.44. The lowest BCUT2D eigenvalue weighted by molar-refractivity contribution is -0.144. The first-order valence-electron chi connectivity index (χ1n) is 6.81. The Labute approximate surface area is 129 Å².